The molecule has 3 aromatic heterocycles. The number of pyridine rings is 1. The van der Waals surface area contributed by atoms with Gasteiger partial charge < -0.3 is 9.88 Å². The molecule has 1 N–H and O–H groups in total. The number of rotatable bonds is 2. The van der Waals surface area contributed by atoms with Gasteiger partial charge in [0.2, 0.25) is 5.91 Å². The Labute approximate surface area is 146 Å². The van der Waals surface area contributed by atoms with Crippen molar-refractivity contribution in [2.75, 3.05) is 13.1 Å². The number of carbonyl (C=O) groups is 1. The summed E-state index contributed by atoms with van der Waals surface area (Å²) in [5, 5.41) is 2.13. The quantitative estimate of drug-likeness (QED) is 0.779. The van der Waals surface area contributed by atoms with Crippen molar-refractivity contribution < 1.29 is 4.79 Å². The molecule has 25 heavy (non-hydrogen) atoms. The van der Waals surface area contributed by atoms with Crippen molar-refractivity contribution in [3.05, 3.63) is 30.0 Å². The van der Waals surface area contributed by atoms with Gasteiger partial charge in [0.25, 0.3) is 0 Å². The summed E-state index contributed by atoms with van der Waals surface area (Å²) in [6.45, 7) is 7.51. The summed E-state index contributed by atoms with van der Waals surface area (Å²) in [5.41, 5.74) is 2.79. The lowest BCUT2D eigenvalue weighted by atomic mass is 9.91. The van der Waals surface area contributed by atoms with E-state index >= 15 is 0 Å². The van der Waals surface area contributed by atoms with Crippen LogP contribution in [0, 0.1) is 12.8 Å². The van der Waals surface area contributed by atoms with Crippen molar-refractivity contribution >= 4 is 27.8 Å². The van der Waals surface area contributed by atoms with E-state index < -0.39 is 0 Å². The first-order valence-corrected chi connectivity index (χ1v) is 8.93. The third-order valence-electron chi connectivity index (χ3n) is 5.02. The lowest BCUT2D eigenvalue weighted by Crippen LogP contribution is -2.41. The van der Waals surface area contributed by atoms with Gasteiger partial charge in [0.1, 0.15) is 5.82 Å². The van der Waals surface area contributed by atoms with Crippen LogP contribution in [0.3, 0.4) is 0 Å². The number of aromatic nitrogens is 4. The van der Waals surface area contributed by atoms with Gasteiger partial charge in [0.05, 0.1) is 11.7 Å². The summed E-state index contributed by atoms with van der Waals surface area (Å²) >= 11 is 0. The number of nitrogens with zero attached hydrogens (tertiary/aromatic N) is 4. The number of fused-ring (bicyclic) bond motifs is 3. The van der Waals surface area contributed by atoms with Crippen molar-refractivity contribution in [3.63, 3.8) is 0 Å². The Morgan fingerprint density at radius 2 is 2.20 bits per heavy atom. The molecule has 1 saturated heterocycles. The zero-order chi connectivity index (χ0) is 17.6. The van der Waals surface area contributed by atoms with Crippen molar-refractivity contribution in [3.8, 4) is 0 Å². The summed E-state index contributed by atoms with van der Waals surface area (Å²) in [4.78, 5) is 31.3. The highest BCUT2D eigenvalue weighted by molar-refractivity contribution is 6.04. The molecule has 1 aliphatic heterocycles. The van der Waals surface area contributed by atoms with Gasteiger partial charge in [-0.3, -0.25) is 4.79 Å². The fourth-order valence-electron chi connectivity index (χ4n) is 3.87. The van der Waals surface area contributed by atoms with Gasteiger partial charge in [0.15, 0.2) is 5.65 Å². The van der Waals surface area contributed by atoms with E-state index in [1.165, 1.54) is 0 Å². The number of carbonyl (C=O) groups excluding carboxylic acids is 1. The summed E-state index contributed by atoms with van der Waals surface area (Å²) in [6, 6.07) is 2.00. The van der Waals surface area contributed by atoms with Crippen LogP contribution in [-0.4, -0.2) is 43.8 Å². The minimum absolute atomic E-state index is 0.0360. The smallest absolute Gasteiger partial charge is 0.225 e. The second-order valence-electron chi connectivity index (χ2n) is 7.21. The molecule has 3 aromatic rings. The third kappa shape index (κ3) is 2.75. The first kappa shape index (κ1) is 16.0. The molecule has 6 heteroatoms. The van der Waals surface area contributed by atoms with Crippen LogP contribution in [0.2, 0.25) is 0 Å². The van der Waals surface area contributed by atoms with E-state index in [-0.39, 0.29) is 17.7 Å². The Morgan fingerprint density at radius 1 is 1.36 bits per heavy atom. The molecule has 0 aliphatic carbocycles. The molecule has 0 radical (unpaired) electrons. The number of hydrogen-bond donors (Lipinski definition) is 1. The van der Waals surface area contributed by atoms with E-state index in [4.69, 9.17) is 0 Å². The molecule has 0 aromatic carbocycles. The number of H-pyrrole nitrogens is 1. The molecule has 1 fully saturated rings. The second kappa shape index (κ2) is 6.10. The lowest BCUT2D eigenvalue weighted by Gasteiger charge is -2.34. The van der Waals surface area contributed by atoms with Crippen LogP contribution >= 0.6 is 0 Å². The van der Waals surface area contributed by atoms with Gasteiger partial charge in [-0.15, -0.1) is 0 Å². The minimum atomic E-state index is 0.0360. The number of hydrogen-bond acceptors (Lipinski definition) is 4. The number of aryl methyl sites for hydroxylation is 1. The van der Waals surface area contributed by atoms with E-state index in [9.17, 15) is 4.79 Å². The lowest BCUT2D eigenvalue weighted by molar-refractivity contribution is -0.135. The highest BCUT2D eigenvalue weighted by Gasteiger charge is 2.28. The average Bonchev–Trinajstić information content (AvgIpc) is 3.09. The molecule has 0 saturated carbocycles. The molecular formula is C19H23N5O. The van der Waals surface area contributed by atoms with Crippen molar-refractivity contribution in [1.82, 2.24) is 24.8 Å². The molecular weight excluding hydrogens is 314 g/mol. The predicted octanol–water partition coefficient (Wildman–Crippen LogP) is 3.18. The Balaban J connectivity index is 1.82. The highest BCUT2D eigenvalue weighted by Crippen LogP contribution is 2.33. The number of aromatic amines is 1. The SMILES string of the molecule is Cc1nc2cnc3nccc3c2c(C2CCCN(C(=O)C(C)C)C2)[nH]1. The molecule has 1 amide bonds. The molecule has 6 nitrogen and oxygen atoms in total. The van der Waals surface area contributed by atoms with E-state index in [2.05, 4.69) is 19.9 Å². The minimum Gasteiger partial charge on any atom is -0.346 e. The normalized spacial score (nSPS) is 18.4. The molecule has 1 unspecified atom stereocenters. The monoisotopic (exact) mass is 337 g/mol. The highest BCUT2D eigenvalue weighted by atomic mass is 16.2. The van der Waals surface area contributed by atoms with Gasteiger partial charge >= 0.3 is 0 Å². The standard InChI is InChI=1S/C19H23N5O/c1-11(2)19(25)24-8-4-5-13(10-24)17-16-14-6-7-20-18(14)21-9-15(16)22-12(3)23-17/h6-7,9,11,13H,4-5,8,10H2,1-3H3,(H,22,23). The number of piperidine rings is 1. The Kier molecular flexibility index (Phi) is 3.90. The topological polar surface area (TPSA) is 74.8 Å². The Bertz CT molecular complexity index is 946. The fraction of sp³-hybridized carbons (Fsp3) is 0.474. The fourth-order valence-corrected chi connectivity index (χ4v) is 3.87. The molecule has 0 spiro atoms. The summed E-state index contributed by atoms with van der Waals surface area (Å²) in [6.07, 6.45) is 5.67. The third-order valence-corrected chi connectivity index (χ3v) is 5.02. The zero-order valence-electron chi connectivity index (χ0n) is 14.9. The van der Waals surface area contributed by atoms with Crippen LogP contribution in [0.4, 0.5) is 0 Å². The molecule has 4 rings (SSSR count). The first-order chi connectivity index (χ1) is 12.0. The Morgan fingerprint density at radius 3 is 3.00 bits per heavy atom. The van der Waals surface area contributed by atoms with Gasteiger partial charge in [-0.25, -0.2) is 15.0 Å². The second-order valence-corrected chi connectivity index (χ2v) is 7.21. The van der Waals surface area contributed by atoms with Gasteiger partial charge in [-0.1, -0.05) is 13.8 Å². The maximum Gasteiger partial charge on any atom is 0.225 e. The van der Waals surface area contributed by atoms with Gasteiger partial charge in [0, 0.05) is 47.6 Å². The average molecular weight is 337 g/mol. The molecule has 1 aliphatic rings. The van der Waals surface area contributed by atoms with Crippen LogP contribution < -0.4 is 0 Å². The van der Waals surface area contributed by atoms with Crippen molar-refractivity contribution in [2.45, 2.75) is 39.5 Å². The molecule has 0 bridgehead atoms. The molecule has 130 valence electrons. The van der Waals surface area contributed by atoms with E-state index in [0.717, 1.165) is 59.4 Å². The number of amides is 1. The van der Waals surface area contributed by atoms with Gasteiger partial charge in [-0.2, -0.15) is 0 Å². The maximum absolute atomic E-state index is 12.5. The summed E-state index contributed by atoms with van der Waals surface area (Å²) < 4.78 is 0. The van der Waals surface area contributed by atoms with Crippen LogP contribution in [0.15, 0.2) is 18.5 Å². The summed E-state index contributed by atoms with van der Waals surface area (Å²) in [5.74, 6) is 1.42. The predicted molar refractivity (Wildman–Crippen MR) is 97.3 cm³/mol. The largest absolute Gasteiger partial charge is 0.346 e. The number of likely N-dealkylation sites (tertiary alicyclic amines) is 1. The van der Waals surface area contributed by atoms with Crippen molar-refractivity contribution in [1.29, 1.82) is 0 Å². The van der Waals surface area contributed by atoms with Gasteiger partial charge in [-0.05, 0) is 25.8 Å². The van der Waals surface area contributed by atoms with Crippen LogP contribution in [0.1, 0.15) is 44.1 Å². The van der Waals surface area contributed by atoms with E-state index in [1.807, 2.05) is 31.7 Å². The van der Waals surface area contributed by atoms with E-state index in [1.54, 1.807) is 12.4 Å². The maximum atomic E-state index is 12.5. The van der Waals surface area contributed by atoms with E-state index in [0.29, 0.717) is 0 Å². The number of nitrogens with one attached hydrogen (secondary N) is 1. The summed E-state index contributed by atoms with van der Waals surface area (Å²) in [7, 11) is 0. The Hall–Kier alpha value is -2.50. The van der Waals surface area contributed by atoms with Crippen LogP contribution in [0.5, 0.6) is 0 Å². The molecule has 4 heterocycles. The zero-order valence-corrected chi connectivity index (χ0v) is 14.9. The first-order valence-electron chi connectivity index (χ1n) is 8.93. The van der Waals surface area contributed by atoms with Crippen LogP contribution in [-0.2, 0) is 4.79 Å². The van der Waals surface area contributed by atoms with Crippen LogP contribution in [0.25, 0.3) is 21.9 Å². The molecule has 1 atom stereocenters. The van der Waals surface area contributed by atoms with Crippen molar-refractivity contribution in [2.24, 2.45) is 5.92 Å².